The van der Waals surface area contributed by atoms with Crippen LogP contribution in [0.15, 0.2) is 114 Å². The van der Waals surface area contributed by atoms with E-state index in [0.29, 0.717) is 11.4 Å². The molecule has 0 saturated heterocycles. The second-order valence-electron chi connectivity index (χ2n) is 24.1. The molecular weight excluding hydrogens is 849 g/mol. The molecule has 0 bridgehead atoms. The van der Waals surface area contributed by atoms with Gasteiger partial charge in [-0.1, -0.05) is 148 Å². The zero-order valence-electron chi connectivity index (χ0n) is 41.9. The molecule has 7 heteroatoms. The molecule has 0 N–H and O–H groups in total. The minimum Gasteiger partial charge on any atom is -0.310 e. The summed E-state index contributed by atoms with van der Waals surface area (Å²) in [6.45, 7) is 29.4. The zero-order chi connectivity index (χ0) is 48.0. The van der Waals surface area contributed by atoms with Crippen LogP contribution in [0.5, 0.6) is 0 Å². The van der Waals surface area contributed by atoms with Crippen molar-refractivity contribution < 1.29 is 13.2 Å². The van der Waals surface area contributed by atoms with E-state index in [1.807, 2.05) is 6.07 Å². The number of fused-ring (bicyclic) bond motifs is 9. The molecule has 0 saturated carbocycles. The number of rotatable bonds is 5. The molecular formula is C60H66BF3N2S. The van der Waals surface area contributed by atoms with Crippen molar-refractivity contribution in [2.45, 2.75) is 150 Å². The molecule has 3 heterocycles. The van der Waals surface area contributed by atoms with E-state index in [1.165, 1.54) is 39.2 Å². The van der Waals surface area contributed by atoms with Crippen molar-refractivity contribution in [2.75, 3.05) is 9.80 Å². The summed E-state index contributed by atoms with van der Waals surface area (Å²) in [7, 11) is 0. The Morgan fingerprint density at radius 1 is 0.672 bits per heavy atom. The van der Waals surface area contributed by atoms with Crippen molar-refractivity contribution in [2.24, 2.45) is 5.41 Å². The number of thiophene rings is 1. The molecule has 0 atom stereocenters. The van der Waals surface area contributed by atoms with Gasteiger partial charge >= 0.3 is 6.18 Å². The summed E-state index contributed by atoms with van der Waals surface area (Å²) in [6.07, 6.45) is 4.64. The Morgan fingerprint density at radius 3 is 1.91 bits per heavy atom. The molecule has 67 heavy (non-hydrogen) atoms. The van der Waals surface area contributed by atoms with E-state index < -0.39 is 11.7 Å². The summed E-state index contributed by atoms with van der Waals surface area (Å²) < 4.78 is 50.7. The fourth-order valence-electron chi connectivity index (χ4n) is 11.9. The van der Waals surface area contributed by atoms with Gasteiger partial charge in [0.1, 0.15) is 0 Å². The Morgan fingerprint density at radius 2 is 1.27 bits per heavy atom. The average Bonchev–Trinajstić information content (AvgIpc) is 3.64. The molecule has 2 aliphatic heterocycles. The molecule has 0 fully saturated rings. The Balaban J connectivity index is 1.42. The molecule has 2 aliphatic carbocycles. The number of anilines is 5. The Kier molecular flexibility index (Phi) is 10.4. The molecule has 0 spiro atoms. The molecule has 346 valence electrons. The van der Waals surface area contributed by atoms with Crippen molar-refractivity contribution in [1.29, 1.82) is 0 Å². The highest BCUT2D eigenvalue weighted by atomic mass is 32.1. The van der Waals surface area contributed by atoms with Crippen molar-refractivity contribution in [3.05, 3.63) is 142 Å². The largest absolute Gasteiger partial charge is 0.416 e. The van der Waals surface area contributed by atoms with Crippen LogP contribution in [0.25, 0.3) is 21.2 Å². The minimum absolute atomic E-state index is 0.0344. The molecule has 0 radical (unpaired) electrons. The number of allylic oxidation sites excluding steroid dienone is 3. The maximum Gasteiger partial charge on any atom is 0.416 e. The Bertz CT molecular complexity index is 3060. The summed E-state index contributed by atoms with van der Waals surface area (Å²) in [4.78, 5) is 4.55. The summed E-state index contributed by atoms with van der Waals surface area (Å²) in [6, 6.07) is 31.6. The van der Waals surface area contributed by atoms with Gasteiger partial charge < -0.3 is 9.80 Å². The van der Waals surface area contributed by atoms with Crippen molar-refractivity contribution in [3.63, 3.8) is 0 Å². The van der Waals surface area contributed by atoms with E-state index in [2.05, 4.69) is 185 Å². The molecule has 1 aromatic heterocycles. The van der Waals surface area contributed by atoms with Crippen LogP contribution >= 0.6 is 11.3 Å². The van der Waals surface area contributed by atoms with Gasteiger partial charge in [0.05, 0.1) is 16.9 Å². The number of nitrogens with zero attached hydrogens (tertiary/aromatic N) is 2. The first-order chi connectivity index (χ1) is 31.3. The highest BCUT2D eigenvalue weighted by molar-refractivity contribution is 7.33. The zero-order valence-corrected chi connectivity index (χ0v) is 42.7. The second-order valence-corrected chi connectivity index (χ2v) is 25.2. The quantitative estimate of drug-likeness (QED) is 0.125. The van der Waals surface area contributed by atoms with Crippen molar-refractivity contribution in [1.82, 2.24) is 0 Å². The molecule has 0 unspecified atom stereocenters. The van der Waals surface area contributed by atoms with Crippen LogP contribution in [-0.2, 0) is 27.8 Å². The first-order valence-corrected chi connectivity index (χ1v) is 25.3. The van der Waals surface area contributed by atoms with Crippen LogP contribution in [0.4, 0.5) is 41.6 Å². The number of benzene rings is 5. The average molecular weight is 915 g/mol. The summed E-state index contributed by atoms with van der Waals surface area (Å²) in [5, 5.41) is 1.06. The van der Waals surface area contributed by atoms with E-state index in [4.69, 9.17) is 0 Å². The summed E-state index contributed by atoms with van der Waals surface area (Å²) in [5.41, 5.74) is 14.2. The fourth-order valence-corrected chi connectivity index (χ4v) is 13.3. The van der Waals surface area contributed by atoms with Crippen LogP contribution in [-0.4, -0.2) is 6.71 Å². The normalized spacial score (nSPS) is 18.6. The monoisotopic (exact) mass is 914 g/mol. The fraction of sp³-hybridized carbons (Fsp3) is 0.400. The van der Waals surface area contributed by atoms with Crippen LogP contribution in [0.2, 0.25) is 0 Å². The van der Waals surface area contributed by atoms with Gasteiger partial charge in [-0.3, -0.25) is 0 Å². The van der Waals surface area contributed by atoms with Gasteiger partial charge in [0, 0.05) is 43.2 Å². The second kappa shape index (κ2) is 15.2. The standard InChI is InChI=1S/C60H66BF3N2S/c1-36(2)45(23-19-27-55(3,4)5)65-47-32-38(60(62,63)64)33-48-51(47)61(54-52(65)39-22-17-18-24-49(39)67-54)44-26-25-41-50(59(12,13)31-30-56(41,6)7)53(44)66(48)46-35-43-42(57(8,9)28-29-58(43,10)11)34-40(46)37-20-15-14-16-21-37/h14-26,32-35H,27-31H2,1-13H3/b23-19-. The van der Waals surface area contributed by atoms with Gasteiger partial charge in [-0.2, -0.15) is 13.2 Å². The number of alkyl halides is 3. The smallest absolute Gasteiger partial charge is 0.310 e. The Labute approximate surface area is 402 Å². The molecule has 4 aliphatic rings. The third-order valence-corrected chi connectivity index (χ3v) is 17.1. The number of hydrogen-bond donors (Lipinski definition) is 0. The van der Waals surface area contributed by atoms with Gasteiger partial charge in [-0.05, 0) is 148 Å². The minimum atomic E-state index is -4.62. The first kappa shape index (κ1) is 45.8. The van der Waals surface area contributed by atoms with E-state index in [9.17, 15) is 0 Å². The van der Waals surface area contributed by atoms with Crippen LogP contribution in [0.1, 0.15) is 150 Å². The third-order valence-electron chi connectivity index (χ3n) is 15.9. The Hall–Kier alpha value is -5.01. The van der Waals surface area contributed by atoms with Crippen molar-refractivity contribution in [3.8, 4) is 11.1 Å². The maximum atomic E-state index is 16.1. The highest BCUT2D eigenvalue weighted by Gasteiger charge is 2.51. The number of hydrogen-bond acceptors (Lipinski definition) is 3. The lowest BCUT2D eigenvalue weighted by Gasteiger charge is -2.50. The first-order valence-electron chi connectivity index (χ1n) is 24.4. The van der Waals surface area contributed by atoms with Gasteiger partial charge in [-0.25, -0.2) is 0 Å². The van der Waals surface area contributed by atoms with Gasteiger partial charge in [-0.15, -0.1) is 11.3 Å². The van der Waals surface area contributed by atoms with Crippen LogP contribution < -0.4 is 25.5 Å². The highest BCUT2D eigenvalue weighted by Crippen LogP contribution is 2.58. The van der Waals surface area contributed by atoms with E-state index in [-0.39, 0.29) is 33.8 Å². The molecule has 0 amide bonds. The predicted octanol–water partition coefficient (Wildman–Crippen LogP) is 16.3. The van der Waals surface area contributed by atoms with Gasteiger partial charge in [0.15, 0.2) is 0 Å². The molecule has 5 aromatic carbocycles. The predicted molar refractivity (Wildman–Crippen MR) is 282 cm³/mol. The lowest BCUT2D eigenvalue weighted by atomic mass is 9.35. The molecule has 10 rings (SSSR count). The molecule has 2 nitrogen and oxygen atoms in total. The van der Waals surface area contributed by atoms with Crippen LogP contribution in [0, 0.1) is 5.41 Å². The summed E-state index contributed by atoms with van der Waals surface area (Å²) >= 11 is 1.80. The lowest BCUT2D eigenvalue weighted by Crippen LogP contribution is -2.61. The van der Waals surface area contributed by atoms with E-state index in [0.717, 1.165) is 92.6 Å². The maximum absolute atomic E-state index is 16.1. The van der Waals surface area contributed by atoms with E-state index in [1.54, 1.807) is 11.3 Å². The van der Waals surface area contributed by atoms with Crippen LogP contribution in [0.3, 0.4) is 0 Å². The SMILES string of the molecule is CC(C)=C(/C=C\CC(C)(C)C)N1c2cc(C(F)(F)F)cc3c2B(c2ccc4c(c2N3c2cc3c(cc2-c2ccccc2)C(C)(C)CCC3(C)C)C(C)(C)CCC4(C)C)c2sc3ccccc3c21. The summed E-state index contributed by atoms with van der Waals surface area (Å²) in [5.74, 6) is 0. The van der Waals surface area contributed by atoms with Gasteiger partial charge in [0.2, 0.25) is 0 Å². The lowest BCUT2D eigenvalue weighted by molar-refractivity contribution is -0.137. The number of halogens is 3. The van der Waals surface area contributed by atoms with Crippen molar-refractivity contribution >= 4 is 72.3 Å². The van der Waals surface area contributed by atoms with Gasteiger partial charge in [0.25, 0.3) is 6.71 Å². The topological polar surface area (TPSA) is 6.48 Å². The molecule has 6 aromatic rings. The third kappa shape index (κ3) is 7.35. The van der Waals surface area contributed by atoms with E-state index >= 15 is 13.2 Å².